The van der Waals surface area contributed by atoms with Crippen LogP contribution in [0.5, 0.6) is 0 Å². The van der Waals surface area contributed by atoms with Crippen LogP contribution in [-0.2, 0) is 11.3 Å². The fraction of sp³-hybridized carbons (Fsp3) is 0.571. The SMILES string of the molecule is CCN(CC)C(=O)CCNCc1cc(C(=O)O)c(C)o1. The zero-order valence-electron chi connectivity index (χ0n) is 12.2. The molecule has 0 saturated heterocycles. The van der Waals surface area contributed by atoms with Crippen LogP contribution in [0.1, 0.15) is 42.1 Å². The smallest absolute Gasteiger partial charge is 0.339 e. The Balaban J connectivity index is 2.36. The summed E-state index contributed by atoms with van der Waals surface area (Å²) in [6.07, 6.45) is 0.424. The Morgan fingerprint density at radius 3 is 2.50 bits per heavy atom. The van der Waals surface area contributed by atoms with Gasteiger partial charge in [-0.1, -0.05) is 0 Å². The van der Waals surface area contributed by atoms with Gasteiger partial charge in [-0.25, -0.2) is 4.79 Å². The highest BCUT2D eigenvalue weighted by atomic mass is 16.4. The molecule has 0 aromatic carbocycles. The number of aromatic carboxylic acids is 1. The zero-order valence-corrected chi connectivity index (χ0v) is 12.2. The summed E-state index contributed by atoms with van der Waals surface area (Å²) in [5, 5.41) is 12.0. The van der Waals surface area contributed by atoms with Crippen molar-refractivity contribution >= 4 is 11.9 Å². The van der Waals surface area contributed by atoms with E-state index < -0.39 is 5.97 Å². The molecule has 6 heteroatoms. The lowest BCUT2D eigenvalue weighted by molar-refractivity contribution is -0.130. The molecule has 0 aliphatic heterocycles. The Kier molecular flexibility index (Phi) is 6.24. The van der Waals surface area contributed by atoms with Gasteiger partial charge in [0.25, 0.3) is 0 Å². The van der Waals surface area contributed by atoms with Crippen LogP contribution in [0.25, 0.3) is 0 Å². The van der Waals surface area contributed by atoms with Crippen LogP contribution in [-0.4, -0.2) is 41.5 Å². The highest BCUT2D eigenvalue weighted by molar-refractivity contribution is 5.88. The van der Waals surface area contributed by atoms with E-state index in [1.807, 2.05) is 13.8 Å². The molecule has 1 aromatic rings. The molecule has 1 rings (SSSR count). The van der Waals surface area contributed by atoms with Crippen molar-refractivity contribution in [2.24, 2.45) is 0 Å². The fourth-order valence-electron chi connectivity index (χ4n) is 1.98. The van der Waals surface area contributed by atoms with Gasteiger partial charge in [0.15, 0.2) is 0 Å². The van der Waals surface area contributed by atoms with Crippen molar-refractivity contribution in [1.82, 2.24) is 10.2 Å². The van der Waals surface area contributed by atoms with Gasteiger partial charge < -0.3 is 19.7 Å². The molecule has 0 aliphatic rings. The molecule has 0 radical (unpaired) electrons. The van der Waals surface area contributed by atoms with E-state index in [1.54, 1.807) is 11.8 Å². The van der Waals surface area contributed by atoms with E-state index in [4.69, 9.17) is 9.52 Å². The topological polar surface area (TPSA) is 82.8 Å². The first-order valence-corrected chi connectivity index (χ1v) is 6.80. The summed E-state index contributed by atoms with van der Waals surface area (Å²) < 4.78 is 5.33. The lowest BCUT2D eigenvalue weighted by Gasteiger charge is -2.18. The molecule has 0 atom stereocenters. The van der Waals surface area contributed by atoms with Gasteiger partial charge in [0.1, 0.15) is 17.1 Å². The van der Waals surface area contributed by atoms with Crippen molar-refractivity contribution in [3.05, 3.63) is 23.2 Å². The standard InChI is InChI=1S/C14H22N2O4/c1-4-16(5-2)13(17)6-7-15-9-11-8-12(14(18)19)10(3)20-11/h8,15H,4-7,9H2,1-3H3,(H,18,19). The third kappa shape index (κ3) is 4.38. The molecule has 0 fully saturated rings. The van der Waals surface area contributed by atoms with Gasteiger partial charge in [-0.2, -0.15) is 0 Å². The van der Waals surface area contributed by atoms with Gasteiger partial charge in [0.05, 0.1) is 6.54 Å². The highest BCUT2D eigenvalue weighted by Crippen LogP contribution is 2.14. The van der Waals surface area contributed by atoms with E-state index in [9.17, 15) is 9.59 Å². The van der Waals surface area contributed by atoms with E-state index >= 15 is 0 Å². The lowest BCUT2D eigenvalue weighted by atomic mass is 10.2. The molecule has 0 bridgehead atoms. The van der Waals surface area contributed by atoms with Gasteiger partial charge in [-0.05, 0) is 26.8 Å². The number of hydrogen-bond donors (Lipinski definition) is 2. The summed E-state index contributed by atoms with van der Waals surface area (Å²) in [5.74, 6) is 0.0854. The van der Waals surface area contributed by atoms with Crippen LogP contribution in [0, 0.1) is 6.92 Å². The van der Waals surface area contributed by atoms with Crippen molar-refractivity contribution in [3.8, 4) is 0 Å². The minimum Gasteiger partial charge on any atom is -0.478 e. The highest BCUT2D eigenvalue weighted by Gasteiger charge is 2.13. The number of aryl methyl sites for hydroxylation is 1. The molecule has 1 aromatic heterocycles. The van der Waals surface area contributed by atoms with Gasteiger partial charge in [0, 0.05) is 26.1 Å². The fourth-order valence-corrected chi connectivity index (χ4v) is 1.98. The average molecular weight is 282 g/mol. The molecule has 112 valence electrons. The first-order chi connectivity index (χ1) is 9.49. The maximum atomic E-state index is 11.7. The quantitative estimate of drug-likeness (QED) is 0.708. The maximum Gasteiger partial charge on any atom is 0.339 e. The largest absolute Gasteiger partial charge is 0.478 e. The molecule has 0 saturated carbocycles. The summed E-state index contributed by atoms with van der Waals surface area (Å²) in [7, 11) is 0. The Labute approximate surface area is 118 Å². The lowest BCUT2D eigenvalue weighted by Crippen LogP contribution is -2.32. The normalized spacial score (nSPS) is 10.6. The second-order valence-corrected chi connectivity index (χ2v) is 4.48. The third-order valence-electron chi connectivity index (χ3n) is 3.13. The van der Waals surface area contributed by atoms with Gasteiger partial charge in [-0.15, -0.1) is 0 Å². The molecule has 0 spiro atoms. The Morgan fingerprint density at radius 1 is 1.35 bits per heavy atom. The second kappa shape index (κ2) is 7.69. The molecule has 0 unspecified atom stereocenters. The van der Waals surface area contributed by atoms with Gasteiger partial charge >= 0.3 is 5.97 Å². The zero-order chi connectivity index (χ0) is 15.1. The summed E-state index contributed by atoms with van der Waals surface area (Å²) in [5.41, 5.74) is 0.181. The number of furan rings is 1. The van der Waals surface area contributed by atoms with Crippen LogP contribution in [0.15, 0.2) is 10.5 Å². The molecule has 2 N–H and O–H groups in total. The van der Waals surface area contributed by atoms with Crippen molar-refractivity contribution in [2.75, 3.05) is 19.6 Å². The Bertz CT molecular complexity index is 464. The molecular weight excluding hydrogens is 260 g/mol. The average Bonchev–Trinajstić information content (AvgIpc) is 2.77. The van der Waals surface area contributed by atoms with E-state index in [2.05, 4.69) is 5.32 Å². The number of hydrogen-bond acceptors (Lipinski definition) is 4. The van der Waals surface area contributed by atoms with E-state index in [0.717, 1.165) is 0 Å². The molecule has 6 nitrogen and oxygen atoms in total. The monoisotopic (exact) mass is 282 g/mol. The van der Waals surface area contributed by atoms with Crippen LogP contribution in [0.4, 0.5) is 0 Å². The Hall–Kier alpha value is -1.82. The van der Waals surface area contributed by atoms with Crippen LogP contribution in [0.2, 0.25) is 0 Å². The molecule has 1 heterocycles. The number of carboxylic acids is 1. The molecule has 20 heavy (non-hydrogen) atoms. The summed E-state index contributed by atoms with van der Waals surface area (Å²) in [4.78, 5) is 24.4. The number of rotatable bonds is 8. The van der Waals surface area contributed by atoms with Crippen molar-refractivity contribution in [3.63, 3.8) is 0 Å². The number of nitrogens with zero attached hydrogens (tertiary/aromatic N) is 1. The molecular formula is C14H22N2O4. The van der Waals surface area contributed by atoms with Crippen molar-refractivity contribution < 1.29 is 19.1 Å². The summed E-state index contributed by atoms with van der Waals surface area (Å²) in [6.45, 7) is 7.92. The minimum atomic E-state index is -0.991. The van der Waals surface area contributed by atoms with Crippen molar-refractivity contribution in [2.45, 2.75) is 33.7 Å². The number of carbonyl (C=O) groups excluding carboxylic acids is 1. The van der Waals surface area contributed by atoms with Gasteiger partial charge in [-0.3, -0.25) is 4.79 Å². The van der Waals surface area contributed by atoms with Gasteiger partial charge in [0.2, 0.25) is 5.91 Å². The number of amides is 1. The predicted molar refractivity (Wildman–Crippen MR) is 74.7 cm³/mol. The molecule has 0 aliphatic carbocycles. The Morgan fingerprint density at radius 2 is 2.00 bits per heavy atom. The number of nitrogens with one attached hydrogen (secondary N) is 1. The number of carbonyl (C=O) groups is 2. The van der Waals surface area contributed by atoms with Crippen LogP contribution < -0.4 is 5.32 Å². The third-order valence-corrected chi connectivity index (χ3v) is 3.13. The van der Waals surface area contributed by atoms with E-state index in [0.29, 0.717) is 44.1 Å². The van der Waals surface area contributed by atoms with E-state index in [1.165, 1.54) is 6.07 Å². The van der Waals surface area contributed by atoms with Crippen LogP contribution >= 0.6 is 0 Å². The first-order valence-electron chi connectivity index (χ1n) is 6.80. The number of carboxylic acid groups (broad SMARTS) is 1. The maximum absolute atomic E-state index is 11.7. The minimum absolute atomic E-state index is 0.115. The molecule has 1 amide bonds. The summed E-state index contributed by atoms with van der Waals surface area (Å²) >= 11 is 0. The second-order valence-electron chi connectivity index (χ2n) is 4.48. The summed E-state index contributed by atoms with van der Waals surface area (Å²) in [6, 6.07) is 1.51. The first kappa shape index (κ1) is 16.2. The van der Waals surface area contributed by atoms with Crippen molar-refractivity contribution in [1.29, 1.82) is 0 Å². The van der Waals surface area contributed by atoms with E-state index in [-0.39, 0.29) is 11.5 Å². The predicted octanol–water partition coefficient (Wildman–Crippen LogP) is 1.63. The van der Waals surface area contributed by atoms with Crippen LogP contribution in [0.3, 0.4) is 0 Å².